The van der Waals surface area contributed by atoms with Gasteiger partial charge in [-0.1, -0.05) is 20.8 Å². The molecule has 0 radical (unpaired) electrons. The number of rotatable bonds is 6. The van der Waals surface area contributed by atoms with E-state index in [2.05, 4.69) is 13.8 Å². The van der Waals surface area contributed by atoms with Crippen molar-refractivity contribution < 1.29 is 44.0 Å². The van der Waals surface area contributed by atoms with Gasteiger partial charge in [-0.25, -0.2) is 0 Å². The maximum atomic E-state index is 11.8. The smallest absolute Gasteiger partial charge is 0.369 e. The zero-order chi connectivity index (χ0) is 26.2. The van der Waals surface area contributed by atoms with Crippen molar-refractivity contribution in [3.05, 3.63) is 0 Å². The highest BCUT2D eigenvalue weighted by atomic mass is 31.2. The summed E-state index contributed by atoms with van der Waals surface area (Å²) in [5.41, 5.74) is 0.0405. The summed E-state index contributed by atoms with van der Waals surface area (Å²) < 4.78 is 23.6. The van der Waals surface area contributed by atoms with Gasteiger partial charge in [0.05, 0.1) is 12.2 Å². The maximum absolute atomic E-state index is 11.8. The van der Waals surface area contributed by atoms with Gasteiger partial charge in [0.1, 0.15) is 0 Å². The third-order valence-corrected chi connectivity index (χ3v) is 15.2. The predicted molar refractivity (Wildman–Crippen MR) is 130 cm³/mol. The largest absolute Gasteiger partial charge is 0.393 e. The first-order valence-corrected chi connectivity index (χ1v) is 16.4. The Bertz CT molecular complexity index is 879. The third-order valence-electron chi connectivity index (χ3n) is 11.3. The molecule has 9 nitrogen and oxygen atoms in total. The van der Waals surface area contributed by atoms with E-state index < -0.39 is 32.8 Å². The topological polar surface area (TPSA) is 176 Å². The van der Waals surface area contributed by atoms with Gasteiger partial charge in [-0.15, -0.1) is 0 Å². The number of hydrogen-bond acceptors (Lipinski definition) is 5. The summed E-state index contributed by atoms with van der Waals surface area (Å²) in [6, 6.07) is 0. The van der Waals surface area contributed by atoms with Crippen LogP contribution in [0, 0.1) is 46.3 Å². The van der Waals surface area contributed by atoms with Crippen LogP contribution in [0.3, 0.4) is 0 Å². The van der Waals surface area contributed by atoms with Gasteiger partial charge < -0.3 is 34.9 Å². The van der Waals surface area contributed by atoms with Gasteiger partial charge >= 0.3 is 15.2 Å². The monoisotopic (exact) mass is 538 g/mol. The lowest BCUT2D eigenvalue weighted by molar-refractivity contribution is -0.174. The van der Waals surface area contributed by atoms with Crippen LogP contribution in [0.25, 0.3) is 0 Å². The van der Waals surface area contributed by atoms with Gasteiger partial charge in [0.2, 0.25) is 0 Å². The standard InChI is InChI=1S/C24H44O9P2/c1-14(6-11-24(27,34(28,29)30)35(31,32)33)17-4-5-18-21-19(8-10-23(17,18)3)22(2)9-7-16(25)12-15(22)13-20(21)26/h14-21,25-27H,4-13H2,1-3H3,(H2,28,29,30)(H2,31,32,33)/t14-,15?,16-,17-,18?,19?,20?,21?,22+,23-/m1/s1. The van der Waals surface area contributed by atoms with Crippen molar-refractivity contribution >= 4 is 15.2 Å². The summed E-state index contributed by atoms with van der Waals surface area (Å²) in [7, 11) is -10.9. The summed E-state index contributed by atoms with van der Waals surface area (Å²) in [6.07, 6.45) is 5.84. The number of hydrogen-bond donors (Lipinski definition) is 7. The Hall–Kier alpha value is 0.180. The highest BCUT2D eigenvalue weighted by molar-refractivity contribution is 7.72. The van der Waals surface area contributed by atoms with Crippen LogP contribution >= 0.6 is 15.2 Å². The van der Waals surface area contributed by atoms with Crippen LogP contribution in [0.15, 0.2) is 0 Å². The first kappa shape index (κ1) is 28.2. The Morgan fingerprint density at radius 1 is 0.886 bits per heavy atom. The van der Waals surface area contributed by atoms with Crippen LogP contribution in [-0.4, -0.2) is 52.2 Å². The second-order valence-corrected chi connectivity index (χ2v) is 16.8. The van der Waals surface area contributed by atoms with E-state index in [1.54, 1.807) is 0 Å². The molecule has 4 aliphatic carbocycles. The van der Waals surface area contributed by atoms with Crippen molar-refractivity contribution in [3.63, 3.8) is 0 Å². The molecular weight excluding hydrogens is 494 g/mol. The van der Waals surface area contributed by atoms with Crippen molar-refractivity contribution in [2.24, 2.45) is 46.3 Å². The summed E-state index contributed by atoms with van der Waals surface area (Å²) in [5, 5.41) is 28.6. The Kier molecular flexibility index (Phi) is 7.36. The molecule has 4 aliphatic rings. The van der Waals surface area contributed by atoms with Gasteiger partial charge in [-0.05, 0) is 104 Å². The van der Waals surface area contributed by atoms with Crippen LogP contribution in [0.5, 0.6) is 0 Å². The average Bonchev–Trinajstić information content (AvgIpc) is 3.08. The summed E-state index contributed by atoms with van der Waals surface area (Å²) in [5.74, 6) is 1.32. The van der Waals surface area contributed by atoms with Gasteiger partial charge in [-0.2, -0.15) is 0 Å². The van der Waals surface area contributed by atoms with E-state index in [1.165, 1.54) is 0 Å². The second kappa shape index (κ2) is 9.14. The quantitative estimate of drug-likeness (QED) is 0.250. The molecule has 0 spiro atoms. The Morgan fingerprint density at radius 2 is 1.46 bits per heavy atom. The molecule has 0 aliphatic heterocycles. The van der Waals surface area contributed by atoms with Gasteiger partial charge in [0, 0.05) is 6.42 Å². The average molecular weight is 539 g/mol. The minimum absolute atomic E-state index is 0.0820. The fourth-order valence-electron chi connectivity index (χ4n) is 9.26. The van der Waals surface area contributed by atoms with Crippen LogP contribution in [0.1, 0.15) is 85.0 Å². The summed E-state index contributed by atoms with van der Waals surface area (Å²) >= 11 is 0. The molecule has 7 N–H and O–H groups in total. The normalized spacial score (nSPS) is 45.4. The molecule has 0 amide bonds. The lowest BCUT2D eigenvalue weighted by Crippen LogP contribution is -2.58. The van der Waals surface area contributed by atoms with Gasteiger partial charge in [-0.3, -0.25) is 9.13 Å². The van der Waals surface area contributed by atoms with E-state index in [0.29, 0.717) is 17.8 Å². The van der Waals surface area contributed by atoms with E-state index >= 15 is 0 Å². The van der Waals surface area contributed by atoms with Crippen molar-refractivity contribution in [1.82, 2.24) is 0 Å². The zero-order valence-electron chi connectivity index (χ0n) is 21.0. The van der Waals surface area contributed by atoms with Crippen LogP contribution < -0.4 is 0 Å². The van der Waals surface area contributed by atoms with Crippen LogP contribution in [0.2, 0.25) is 0 Å². The molecule has 5 unspecified atom stereocenters. The zero-order valence-corrected chi connectivity index (χ0v) is 22.8. The molecule has 4 rings (SSSR count). The van der Waals surface area contributed by atoms with Crippen molar-refractivity contribution in [3.8, 4) is 0 Å². The molecule has 0 aromatic rings. The fourth-order valence-corrected chi connectivity index (χ4v) is 11.5. The van der Waals surface area contributed by atoms with Gasteiger partial charge in [0.15, 0.2) is 0 Å². The van der Waals surface area contributed by atoms with E-state index in [0.717, 1.165) is 51.4 Å². The SMILES string of the molecule is C[C@H](CCC(O)(P(=O)(O)O)P(=O)(O)O)[C@H]1CCC2C3C(O)CC4C[C@H](O)CC[C@]4(C)C3CC[C@@]21C. The Labute approximate surface area is 208 Å². The molecule has 0 aromatic heterocycles. The van der Waals surface area contributed by atoms with Gasteiger partial charge in [0.25, 0.3) is 5.08 Å². The maximum Gasteiger partial charge on any atom is 0.369 e. The minimum atomic E-state index is -5.46. The molecule has 11 heteroatoms. The molecule has 0 bridgehead atoms. The Morgan fingerprint density at radius 3 is 2.06 bits per heavy atom. The number of fused-ring (bicyclic) bond motifs is 5. The first-order valence-electron chi connectivity index (χ1n) is 13.2. The highest BCUT2D eigenvalue weighted by Crippen LogP contribution is 2.71. The lowest BCUT2D eigenvalue weighted by atomic mass is 9.43. The predicted octanol–water partition coefficient (Wildman–Crippen LogP) is 3.39. The lowest BCUT2D eigenvalue weighted by Gasteiger charge is -2.62. The number of aliphatic hydroxyl groups excluding tert-OH is 2. The fraction of sp³-hybridized carbons (Fsp3) is 1.00. The molecule has 0 heterocycles. The van der Waals surface area contributed by atoms with Crippen molar-refractivity contribution in [2.45, 2.75) is 102 Å². The van der Waals surface area contributed by atoms with E-state index in [1.807, 2.05) is 6.92 Å². The summed E-state index contributed by atoms with van der Waals surface area (Å²) in [4.78, 5) is 38.0. The second-order valence-electron chi connectivity index (χ2n) is 12.8. The number of aliphatic hydroxyl groups is 3. The van der Waals surface area contributed by atoms with E-state index in [-0.39, 0.29) is 41.1 Å². The van der Waals surface area contributed by atoms with E-state index in [9.17, 15) is 44.0 Å². The first-order chi connectivity index (χ1) is 16.0. The molecule has 10 atom stereocenters. The highest BCUT2D eigenvalue weighted by Gasteiger charge is 2.63. The molecule has 4 fully saturated rings. The Balaban J connectivity index is 1.52. The molecule has 0 aromatic carbocycles. The third kappa shape index (κ3) is 4.45. The van der Waals surface area contributed by atoms with E-state index in [4.69, 9.17) is 0 Å². The van der Waals surface area contributed by atoms with Crippen LogP contribution in [-0.2, 0) is 9.13 Å². The molecule has 204 valence electrons. The minimum Gasteiger partial charge on any atom is -0.393 e. The molecule has 0 saturated heterocycles. The summed E-state index contributed by atoms with van der Waals surface area (Å²) in [6.45, 7) is 6.56. The van der Waals surface area contributed by atoms with Crippen molar-refractivity contribution in [2.75, 3.05) is 0 Å². The molecule has 35 heavy (non-hydrogen) atoms. The van der Waals surface area contributed by atoms with Crippen molar-refractivity contribution in [1.29, 1.82) is 0 Å². The molecule has 4 saturated carbocycles. The molecular formula is C24H44O9P2. The van der Waals surface area contributed by atoms with Crippen LogP contribution in [0.4, 0.5) is 0 Å².